The molecular weight excluding hydrogens is 822 g/mol. The van der Waals surface area contributed by atoms with Gasteiger partial charge in [-0.2, -0.15) is 0 Å². The number of carbonyl (C=O) groups excluding carboxylic acids is 2. The number of rotatable bonds is 48. The van der Waals surface area contributed by atoms with Crippen molar-refractivity contribution in [2.75, 3.05) is 47.5 Å². The van der Waals surface area contributed by atoms with Crippen LogP contribution in [-0.2, 0) is 32.7 Å². The Balaban J connectivity index is 4.32. The molecule has 9 nitrogen and oxygen atoms in total. The van der Waals surface area contributed by atoms with Crippen molar-refractivity contribution >= 4 is 19.8 Å². The Hall–Kier alpha value is -2.03. The number of unbranched alkanes of at least 4 members (excludes halogenated alkanes) is 26. The molecule has 0 N–H and O–H groups in total. The summed E-state index contributed by atoms with van der Waals surface area (Å²) in [5.41, 5.74) is 0. The molecule has 0 aliphatic carbocycles. The molecule has 0 saturated carbocycles. The van der Waals surface area contributed by atoms with Crippen molar-refractivity contribution in [1.29, 1.82) is 0 Å². The van der Waals surface area contributed by atoms with Crippen LogP contribution in [0, 0.1) is 0 Å². The van der Waals surface area contributed by atoms with Gasteiger partial charge in [0.25, 0.3) is 7.82 Å². The molecule has 0 aromatic rings. The van der Waals surface area contributed by atoms with Gasteiger partial charge in [0.15, 0.2) is 6.10 Å². The Kier molecular flexibility index (Phi) is 44.6. The van der Waals surface area contributed by atoms with Gasteiger partial charge in [0.2, 0.25) is 0 Å². The summed E-state index contributed by atoms with van der Waals surface area (Å²) in [5, 5.41) is 0. The number of hydrogen-bond acceptors (Lipinski definition) is 8. The molecular formula is C54H100NO8P. The molecule has 0 aliphatic rings. The van der Waals surface area contributed by atoms with E-state index in [0.717, 1.165) is 44.9 Å². The molecule has 0 aromatic carbocycles. The maximum Gasteiger partial charge on any atom is 0.306 e. The Morgan fingerprint density at radius 3 is 1.30 bits per heavy atom. The lowest BCUT2D eigenvalue weighted by Crippen LogP contribution is -2.37. The Labute approximate surface area is 394 Å². The summed E-state index contributed by atoms with van der Waals surface area (Å²) in [6, 6.07) is 0. The molecule has 0 spiro atoms. The summed E-state index contributed by atoms with van der Waals surface area (Å²) in [7, 11) is 1.12. The summed E-state index contributed by atoms with van der Waals surface area (Å²) in [6.07, 6.45) is 56.0. The summed E-state index contributed by atoms with van der Waals surface area (Å²) < 4.78 is 33.9. The largest absolute Gasteiger partial charge is 0.756 e. The number of likely N-dealkylation sites (N-methyl/N-ethyl adjacent to an activating group) is 1. The van der Waals surface area contributed by atoms with Crippen LogP contribution in [0.1, 0.15) is 232 Å². The number of esters is 2. The second kappa shape index (κ2) is 46.1. The first-order chi connectivity index (χ1) is 31.0. The van der Waals surface area contributed by atoms with Crippen LogP contribution in [-0.4, -0.2) is 70.0 Å². The highest BCUT2D eigenvalue weighted by atomic mass is 31.2. The van der Waals surface area contributed by atoms with Crippen molar-refractivity contribution < 1.29 is 42.1 Å². The minimum absolute atomic E-state index is 0.0446. The van der Waals surface area contributed by atoms with E-state index in [0.29, 0.717) is 23.9 Å². The summed E-state index contributed by atoms with van der Waals surface area (Å²) in [6.45, 7) is 4.16. The monoisotopic (exact) mass is 922 g/mol. The van der Waals surface area contributed by atoms with Gasteiger partial charge in [-0.1, -0.05) is 197 Å². The van der Waals surface area contributed by atoms with E-state index in [9.17, 15) is 19.0 Å². The number of quaternary nitrogens is 1. The van der Waals surface area contributed by atoms with E-state index in [1.807, 2.05) is 21.1 Å². The molecule has 0 amide bonds. The van der Waals surface area contributed by atoms with E-state index >= 15 is 0 Å². The lowest BCUT2D eigenvalue weighted by Gasteiger charge is -2.28. The molecule has 0 rings (SSSR count). The van der Waals surface area contributed by atoms with Crippen molar-refractivity contribution in [3.63, 3.8) is 0 Å². The third-order valence-electron chi connectivity index (χ3n) is 11.3. The summed E-state index contributed by atoms with van der Waals surface area (Å²) >= 11 is 0. The molecule has 0 heterocycles. The van der Waals surface area contributed by atoms with Crippen molar-refractivity contribution in [3.05, 3.63) is 48.6 Å². The zero-order valence-electron chi connectivity index (χ0n) is 42.2. The summed E-state index contributed by atoms with van der Waals surface area (Å²) in [4.78, 5) is 37.7. The number of nitrogens with zero attached hydrogens (tertiary/aromatic N) is 1. The van der Waals surface area contributed by atoms with Gasteiger partial charge in [0.05, 0.1) is 27.7 Å². The minimum atomic E-state index is -4.65. The minimum Gasteiger partial charge on any atom is -0.756 e. The van der Waals surface area contributed by atoms with E-state index < -0.39 is 32.5 Å². The molecule has 64 heavy (non-hydrogen) atoms. The molecule has 0 aromatic heterocycles. The standard InChI is InChI=1S/C54H100NO8P/c1-6-8-10-12-14-16-18-20-22-24-25-26-27-28-29-31-32-34-36-38-40-42-44-46-53(56)60-50-52(51-62-64(58,59)61-49-48-55(3,4)5)63-54(57)47-45-43-41-39-37-35-33-30-23-21-19-17-15-13-11-9-7-2/h31-33,35,38-41,52H,6-30,34,36-37,42-51H2,1-5H3/b32-31+,35-33+,40-38+,41-39+/t52-/m0/s1. The predicted octanol–water partition coefficient (Wildman–Crippen LogP) is 15.2. The molecule has 374 valence electrons. The van der Waals surface area contributed by atoms with Crippen molar-refractivity contribution in [2.24, 2.45) is 0 Å². The van der Waals surface area contributed by atoms with Gasteiger partial charge in [0.1, 0.15) is 19.8 Å². The van der Waals surface area contributed by atoms with E-state index in [4.69, 9.17) is 18.5 Å². The second-order valence-corrected chi connectivity index (χ2v) is 20.3. The fourth-order valence-corrected chi connectivity index (χ4v) is 7.91. The first-order valence-electron chi connectivity index (χ1n) is 26.3. The number of carbonyl (C=O) groups is 2. The van der Waals surface area contributed by atoms with Gasteiger partial charge < -0.3 is 27.9 Å². The predicted molar refractivity (Wildman–Crippen MR) is 268 cm³/mol. The van der Waals surface area contributed by atoms with E-state index in [-0.39, 0.29) is 26.1 Å². The maximum absolute atomic E-state index is 12.7. The first kappa shape index (κ1) is 62.0. The quantitative estimate of drug-likeness (QED) is 0.0195. The highest BCUT2D eigenvalue weighted by molar-refractivity contribution is 7.45. The van der Waals surface area contributed by atoms with Crippen molar-refractivity contribution in [1.82, 2.24) is 0 Å². The SMILES string of the molecule is CCCCCCCCCCC/C=C/C/C=C/CCCC(=O)O[C@@H](COC(=O)CCC/C=C/CC/C=C/CCCCCCCCCCCCCCCC)COP(=O)([O-])OCC[N+](C)(C)C. The number of phosphoric acid groups is 1. The highest BCUT2D eigenvalue weighted by Gasteiger charge is 2.21. The van der Waals surface area contributed by atoms with Crippen LogP contribution in [0.2, 0.25) is 0 Å². The van der Waals surface area contributed by atoms with E-state index in [1.165, 1.54) is 148 Å². The number of phosphoric ester groups is 1. The summed E-state index contributed by atoms with van der Waals surface area (Å²) in [5.74, 6) is -0.932. The molecule has 0 radical (unpaired) electrons. The van der Waals surface area contributed by atoms with Gasteiger partial charge >= 0.3 is 11.9 Å². The fourth-order valence-electron chi connectivity index (χ4n) is 7.19. The normalized spacial score (nSPS) is 13.8. The second-order valence-electron chi connectivity index (χ2n) is 18.9. The van der Waals surface area contributed by atoms with E-state index in [1.54, 1.807) is 0 Å². The van der Waals surface area contributed by atoms with Crippen LogP contribution >= 0.6 is 7.82 Å². The van der Waals surface area contributed by atoms with Crippen LogP contribution in [0.15, 0.2) is 48.6 Å². The van der Waals surface area contributed by atoms with Gasteiger partial charge in [-0.25, -0.2) is 0 Å². The highest BCUT2D eigenvalue weighted by Crippen LogP contribution is 2.38. The average Bonchev–Trinajstić information content (AvgIpc) is 3.25. The zero-order chi connectivity index (χ0) is 47.1. The Morgan fingerprint density at radius 2 is 0.859 bits per heavy atom. The molecule has 2 atom stereocenters. The molecule has 1 unspecified atom stereocenters. The smallest absolute Gasteiger partial charge is 0.306 e. The maximum atomic E-state index is 12.7. The fraction of sp³-hybridized carbons (Fsp3) is 0.815. The third kappa shape index (κ3) is 49.4. The average molecular weight is 922 g/mol. The first-order valence-corrected chi connectivity index (χ1v) is 27.8. The van der Waals surface area contributed by atoms with Crippen molar-refractivity contribution in [3.8, 4) is 0 Å². The topological polar surface area (TPSA) is 111 Å². The van der Waals surface area contributed by atoms with Crippen molar-refractivity contribution in [2.45, 2.75) is 238 Å². The van der Waals surface area contributed by atoms with Crippen LogP contribution < -0.4 is 4.89 Å². The third-order valence-corrected chi connectivity index (χ3v) is 12.3. The number of ether oxygens (including phenoxy) is 2. The van der Waals surface area contributed by atoms with E-state index in [2.05, 4.69) is 62.5 Å². The molecule has 0 fully saturated rings. The van der Waals surface area contributed by atoms with Crippen LogP contribution in [0.5, 0.6) is 0 Å². The lowest BCUT2D eigenvalue weighted by atomic mass is 10.0. The van der Waals surface area contributed by atoms with Gasteiger partial charge in [-0.05, 0) is 70.6 Å². The molecule has 10 heteroatoms. The zero-order valence-corrected chi connectivity index (χ0v) is 43.1. The Bertz CT molecular complexity index is 1230. The Morgan fingerprint density at radius 1 is 0.484 bits per heavy atom. The molecule has 0 aliphatic heterocycles. The van der Waals surface area contributed by atoms with Crippen LogP contribution in [0.25, 0.3) is 0 Å². The van der Waals surface area contributed by atoms with Gasteiger partial charge in [0, 0.05) is 12.8 Å². The van der Waals surface area contributed by atoms with Gasteiger partial charge in [-0.15, -0.1) is 0 Å². The number of hydrogen-bond donors (Lipinski definition) is 0. The molecule has 0 saturated heterocycles. The number of allylic oxidation sites excluding steroid dienone is 8. The molecule has 0 bridgehead atoms. The lowest BCUT2D eigenvalue weighted by molar-refractivity contribution is -0.870. The van der Waals surface area contributed by atoms with Crippen LogP contribution in [0.3, 0.4) is 0 Å². The van der Waals surface area contributed by atoms with Crippen LogP contribution in [0.4, 0.5) is 0 Å². The van der Waals surface area contributed by atoms with Gasteiger partial charge in [-0.3, -0.25) is 14.2 Å².